The number of rotatable bonds is 2. The van der Waals surface area contributed by atoms with Gasteiger partial charge >= 0.3 is 0 Å². The highest BCUT2D eigenvalue weighted by Gasteiger charge is 2.24. The SMILES string of the molecule is CC[C@@](C)(O)c1c(C)cc(C)cc1C. The summed E-state index contributed by atoms with van der Waals surface area (Å²) >= 11 is 0. The molecule has 0 aliphatic carbocycles. The Morgan fingerprint density at radius 1 is 1.14 bits per heavy atom. The largest absolute Gasteiger partial charge is 0.385 e. The minimum Gasteiger partial charge on any atom is -0.385 e. The number of hydrogen-bond acceptors (Lipinski definition) is 1. The molecule has 1 rings (SSSR count). The lowest BCUT2D eigenvalue weighted by atomic mass is 9.85. The summed E-state index contributed by atoms with van der Waals surface area (Å²) in [6.45, 7) is 10.1. The molecule has 1 atom stereocenters. The highest BCUT2D eigenvalue weighted by atomic mass is 16.3. The summed E-state index contributed by atoms with van der Waals surface area (Å²) in [6.07, 6.45) is 0.748. The van der Waals surface area contributed by atoms with Gasteiger partial charge in [-0.25, -0.2) is 0 Å². The Bertz CT molecular complexity index is 314. The Balaban J connectivity index is 3.35. The molecule has 1 aromatic carbocycles. The quantitative estimate of drug-likeness (QED) is 0.762. The monoisotopic (exact) mass is 192 g/mol. The zero-order valence-corrected chi connectivity index (χ0v) is 9.81. The summed E-state index contributed by atoms with van der Waals surface area (Å²) in [5.41, 5.74) is 4.03. The summed E-state index contributed by atoms with van der Waals surface area (Å²) in [5, 5.41) is 10.2. The van der Waals surface area contributed by atoms with Gasteiger partial charge in [-0.3, -0.25) is 0 Å². The van der Waals surface area contributed by atoms with Crippen LogP contribution in [0.5, 0.6) is 0 Å². The van der Waals surface area contributed by atoms with Crippen LogP contribution in [-0.4, -0.2) is 5.11 Å². The van der Waals surface area contributed by atoms with Gasteiger partial charge in [0.2, 0.25) is 0 Å². The first-order valence-electron chi connectivity index (χ1n) is 5.19. The van der Waals surface area contributed by atoms with Crippen LogP contribution in [0.2, 0.25) is 0 Å². The second-order valence-corrected chi connectivity index (χ2v) is 4.40. The normalized spacial score (nSPS) is 15.3. The van der Waals surface area contributed by atoms with Crippen LogP contribution in [0.3, 0.4) is 0 Å². The number of hydrogen-bond donors (Lipinski definition) is 1. The molecule has 0 unspecified atom stereocenters. The van der Waals surface area contributed by atoms with Crippen LogP contribution in [-0.2, 0) is 5.60 Å². The smallest absolute Gasteiger partial charge is 0.0871 e. The van der Waals surface area contributed by atoms with Gasteiger partial charge in [0.25, 0.3) is 0 Å². The third-order valence-corrected chi connectivity index (χ3v) is 2.90. The minimum absolute atomic E-state index is 0.693. The van der Waals surface area contributed by atoms with E-state index in [-0.39, 0.29) is 0 Å². The topological polar surface area (TPSA) is 20.2 Å². The Morgan fingerprint density at radius 2 is 1.57 bits per heavy atom. The van der Waals surface area contributed by atoms with Crippen LogP contribution in [0, 0.1) is 20.8 Å². The van der Waals surface area contributed by atoms with E-state index in [4.69, 9.17) is 0 Å². The van der Waals surface area contributed by atoms with E-state index in [1.807, 2.05) is 13.8 Å². The van der Waals surface area contributed by atoms with E-state index in [9.17, 15) is 5.11 Å². The predicted octanol–water partition coefficient (Wildman–Crippen LogP) is 3.23. The summed E-state index contributed by atoms with van der Waals surface area (Å²) in [5.74, 6) is 0. The summed E-state index contributed by atoms with van der Waals surface area (Å²) in [7, 11) is 0. The molecular weight excluding hydrogens is 172 g/mol. The second kappa shape index (κ2) is 3.74. The lowest BCUT2D eigenvalue weighted by Crippen LogP contribution is -2.22. The molecule has 0 aliphatic rings. The Hall–Kier alpha value is -0.820. The van der Waals surface area contributed by atoms with E-state index >= 15 is 0 Å². The highest BCUT2D eigenvalue weighted by Crippen LogP contribution is 2.30. The standard InChI is InChI=1S/C13H20O/c1-6-13(5,14)12-10(3)7-9(2)8-11(12)4/h7-8,14H,6H2,1-5H3/t13-/m1/s1. The Labute approximate surface area is 86.8 Å². The molecule has 0 amide bonds. The molecule has 78 valence electrons. The number of aliphatic hydroxyl groups is 1. The van der Waals surface area contributed by atoms with Crippen molar-refractivity contribution in [3.05, 3.63) is 34.4 Å². The van der Waals surface area contributed by atoms with Crippen molar-refractivity contribution in [3.8, 4) is 0 Å². The van der Waals surface area contributed by atoms with Crippen LogP contribution in [0.4, 0.5) is 0 Å². The van der Waals surface area contributed by atoms with Crippen molar-refractivity contribution < 1.29 is 5.11 Å². The first-order chi connectivity index (χ1) is 6.38. The van der Waals surface area contributed by atoms with E-state index in [0.717, 1.165) is 12.0 Å². The molecule has 0 saturated carbocycles. The maximum Gasteiger partial charge on any atom is 0.0871 e. The highest BCUT2D eigenvalue weighted by molar-refractivity contribution is 5.40. The molecule has 14 heavy (non-hydrogen) atoms. The van der Waals surface area contributed by atoms with E-state index in [1.165, 1.54) is 16.7 Å². The fraction of sp³-hybridized carbons (Fsp3) is 0.538. The maximum atomic E-state index is 10.2. The lowest BCUT2D eigenvalue weighted by molar-refractivity contribution is 0.0518. The van der Waals surface area contributed by atoms with Gasteiger partial charge in [0.1, 0.15) is 0 Å². The van der Waals surface area contributed by atoms with Crippen molar-refractivity contribution >= 4 is 0 Å². The Kier molecular flexibility index (Phi) is 3.01. The summed E-state index contributed by atoms with van der Waals surface area (Å²) < 4.78 is 0. The molecule has 1 aromatic rings. The van der Waals surface area contributed by atoms with Crippen molar-refractivity contribution in [2.45, 2.75) is 46.6 Å². The number of benzene rings is 1. The zero-order valence-electron chi connectivity index (χ0n) is 9.81. The van der Waals surface area contributed by atoms with E-state index in [0.29, 0.717) is 0 Å². The first kappa shape index (κ1) is 11.3. The van der Waals surface area contributed by atoms with Gasteiger partial charge in [0.15, 0.2) is 0 Å². The summed E-state index contributed by atoms with van der Waals surface area (Å²) in [6, 6.07) is 4.26. The van der Waals surface area contributed by atoms with Crippen LogP contribution in [0.15, 0.2) is 12.1 Å². The van der Waals surface area contributed by atoms with Crippen molar-refractivity contribution in [2.75, 3.05) is 0 Å². The molecule has 0 radical (unpaired) electrons. The molecule has 1 N–H and O–H groups in total. The minimum atomic E-state index is -0.693. The van der Waals surface area contributed by atoms with Crippen LogP contribution in [0.25, 0.3) is 0 Å². The van der Waals surface area contributed by atoms with E-state index < -0.39 is 5.60 Å². The van der Waals surface area contributed by atoms with Gasteiger partial charge in [-0.15, -0.1) is 0 Å². The fourth-order valence-electron chi connectivity index (χ4n) is 2.21. The maximum absolute atomic E-state index is 10.2. The van der Waals surface area contributed by atoms with Crippen LogP contribution < -0.4 is 0 Å². The van der Waals surface area contributed by atoms with Crippen molar-refractivity contribution in [1.82, 2.24) is 0 Å². The van der Waals surface area contributed by atoms with Crippen molar-refractivity contribution in [1.29, 1.82) is 0 Å². The molecule has 0 fully saturated rings. The van der Waals surface area contributed by atoms with Gasteiger partial charge in [-0.1, -0.05) is 24.6 Å². The Morgan fingerprint density at radius 3 is 1.93 bits per heavy atom. The van der Waals surface area contributed by atoms with Crippen molar-refractivity contribution in [2.24, 2.45) is 0 Å². The first-order valence-corrected chi connectivity index (χ1v) is 5.19. The average Bonchev–Trinajstić information content (AvgIpc) is 2.01. The molecule has 0 aliphatic heterocycles. The molecular formula is C13H20O. The number of aryl methyl sites for hydroxylation is 3. The van der Waals surface area contributed by atoms with Gasteiger partial charge in [0, 0.05) is 0 Å². The van der Waals surface area contributed by atoms with Gasteiger partial charge in [-0.2, -0.15) is 0 Å². The lowest BCUT2D eigenvalue weighted by Gasteiger charge is -2.26. The van der Waals surface area contributed by atoms with E-state index in [2.05, 4.69) is 32.9 Å². The molecule has 0 aromatic heterocycles. The molecule has 1 heteroatoms. The van der Waals surface area contributed by atoms with Crippen LogP contribution >= 0.6 is 0 Å². The van der Waals surface area contributed by atoms with Gasteiger partial charge in [-0.05, 0) is 50.8 Å². The zero-order chi connectivity index (χ0) is 10.9. The van der Waals surface area contributed by atoms with E-state index in [1.54, 1.807) is 0 Å². The van der Waals surface area contributed by atoms with Gasteiger partial charge < -0.3 is 5.11 Å². The third-order valence-electron chi connectivity index (χ3n) is 2.90. The molecule has 0 spiro atoms. The van der Waals surface area contributed by atoms with Crippen LogP contribution in [0.1, 0.15) is 42.5 Å². The van der Waals surface area contributed by atoms with Gasteiger partial charge in [0.05, 0.1) is 5.60 Å². The fourth-order valence-corrected chi connectivity index (χ4v) is 2.21. The predicted molar refractivity (Wildman–Crippen MR) is 60.5 cm³/mol. The molecule has 0 bridgehead atoms. The average molecular weight is 192 g/mol. The van der Waals surface area contributed by atoms with Crippen molar-refractivity contribution in [3.63, 3.8) is 0 Å². The summed E-state index contributed by atoms with van der Waals surface area (Å²) in [4.78, 5) is 0. The third kappa shape index (κ3) is 1.98. The molecule has 1 nitrogen and oxygen atoms in total. The second-order valence-electron chi connectivity index (χ2n) is 4.40. The molecule has 0 heterocycles. The molecule has 0 saturated heterocycles.